The van der Waals surface area contributed by atoms with E-state index >= 15 is 0 Å². The highest BCUT2D eigenvalue weighted by Gasteiger charge is 2.50. The third-order valence-corrected chi connectivity index (χ3v) is 9.09. The first kappa shape index (κ1) is 32.6. The third-order valence-electron chi connectivity index (χ3n) is 5.36. The van der Waals surface area contributed by atoms with Crippen molar-refractivity contribution in [1.82, 2.24) is 15.1 Å². The molecule has 1 heterocycles. The highest BCUT2D eigenvalue weighted by atomic mass is 31.2. The summed E-state index contributed by atoms with van der Waals surface area (Å²) in [5.41, 5.74) is -1.56. The van der Waals surface area contributed by atoms with Gasteiger partial charge >= 0.3 is 33.1 Å². The summed E-state index contributed by atoms with van der Waals surface area (Å²) in [6.07, 6.45) is -0.778. The van der Waals surface area contributed by atoms with Gasteiger partial charge in [-0.1, -0.05) is 0 Å². The first-order valence-electron chi connectivity index (χ1n) is 11.4. The fourth-order valence-electron chi connectivity index (χ4n) is 3.96. The standard InChI is InChI=1S/C19H37N3O12P2/c1-4-32-15(23)10-20-19(9-18(35(26,27)28)36(29,30)31)13-21(11-16(24)33-5-2)7-8-22(14-19)12-17(25)34-6-3/h18,20H,4-14H2,1-3H3,(H2,26,27,28)(H2,29,30,31). The van der Waals surface area contributed by atoms with Crippen LogP contribution < -0.4 is 5.32 Å². The fourth-order valence-corrected chi connectivity index (χ4v) is 6.71. The summed E-state index contributed by atoms with van der Waals surface area (Å²) in [7, 11) is -10.7. The van der Waals surface area contributed by atoms with Crippen molar-refractivity contribution in [2.24, 2.45) is 0 Å². The molecule has 5 N–H and O–H groups in total. The smallest absolute Gasteiger partial charge is 0.340 e. The second-order valence-corrected chi connectivity index (χ2v) is 12.3. The van der Waals surface area contributed by atoms with E-state index in [4.69, 9.17) is 14.2 Å². The van der Waals surface area contributed by atoms with Crippen LogP contribution in [-0.4, -0.2) is 124 Å². The van der Waals surface area contributed by atoms with Crippen molar-refractivity contribution in [3.63, 3.8) is 0 Å². The molecule has 1 rings (SSSR count). The van der Waals surface area contributed by atoms with E-state index in [1.165, 1.54) is 0 Å². The van der Waals surface area contributed by atoms with E-state index in [0.29, 0.717) is 0 Å². The Bertz CT molecular complexity index is 794. The lowest BCUT2D eigenvalue weighted by Gasteiger charge is -2.40. The third kappa shape index (κ3) is 11.3. The van der Waals surface area contributed by atoms with Crippen LogP contribution in [0.15, 0.2) is 0 Å². The van der Waals surface area contributed by atoms with Gasteiger partial charge in [-0.2, -0.15) is 0 Å². The van der Waals surface area contributed by atoms with Crippen molar-refractivity contribution in [3.8, 4) is 0 Å². The number of hydrogen-bond donors (Lipinski definition) is 5. The van der Waals surface area contributed by atoms with E-state index in [1.807, 2.05) is 0 Å². The molecule has 0 saturated carbocycles. The molecule has 0 aliphatic carbocycles. The zero-order valence-electron chi connectivity index (χ0n) is 20.7. The summed E-state index contributed by atoms with van der Waals surface area (Å²) in [4.78, 5) is 78.7. The Balaban J connectivity index is 3.47. The van der Waals surface area contributed by atoms with Gasteiger partial charge in [0.25, 0.3) is 0 Å². The lowest BCUT2D eigenvalue weighted by atomic mass is 9.94. The van der Waals surface area contributed by atoms with Crippen molar-refractivity contribution in [2.75, 3.05) is 65.6 Å². The van der Waals surface area contributed by atoms with Crippen LogP contribution in [0.25, 0.3) is 0 Å². The maximum atomic E-state index is 12.2. The number of esters is 3. The summed E-state index contributed by atoms with van der Waals surface area (Å²) in [6, 6.07) is 0. The molecule has 0 aromatic rings. The average Bonchev–Trinajstić information content (AvgIpc) is 2.89. The second-order valence-electron chi connectivity index (χ2n) is 8.33. The maximum Gasteiger partial charge on any atom is 0.340 e. The number of rotatable bonds is 14. The lowest BCUT2D eigenvalue weighted by molar-refractivity contribution is -0.145. The molecule has 0 spiro atoms. The Hall–Kier alpha value is -1.41. The van der Waals surface area contributed by atoms with E-state index in [1.54, 1.807) is 30.6 Å². The summed E-state index contributed by atoms with van der Waals surface area (Å²) in [5, 5.41) is 0.459. The molecule has 0 aromatic carbocycles. The van der Waals surface area contributed by atoms with E-state index < -0.39 is 57.0 Å². The molecule has 1 aliphatic heterocycles. The van der Waals surface area contributed by atoms with E-state index in [-0.39, 0.29) is 59.1 Å². The summed E-state index contributed by atoms with van der Waals surface area (Å²) in [5.74, 6) is -1.88. The van der Waals surface area contributed by atoms with Gasteiger partial charge in [-0.3, -0.25) is 38.6 Å². The molecule has 210 valence electrons. The predicted molar refractivity (Wildman–Crippen MR) is 126 cm³/mol. The van der Waals surface area contributed by atoms with Gasteiger partial charge in [0.05, 0.1) is 39.5 Å². The van der Waals surface area contributed by atoms with Crippen LogP contribution in [0.3, 0.4) is 0 Å². The van der Waals surface area contributed by atoms with E-state index in [2.05, 4.69) is 5.32 Å². The molecule has 1 fully saturated rings. The Morgan fingerprint density at radius 3 is 1.56 bits per heavy atom. The Morgan fingerprint density at radius 1 is 0.806 bits per heavy atom. The molecule has 1 aliphatic rings. The van der Waals surface area contributed by atoms with Gasteiger partial charge in [-0.15, -0.1) is 0 Å². The van der Waals surface area contributed by atoms with Crippen molar-refractivity contribution in [3.05, 3.63) is 0 Å². The minimum absolute atomic E-state index is 0.0606. The van der Waals surface area contributed by atoms with Crippen molar-refractivity contribution in [1.29, 1.82) is 0 Å². The summed E-state index contributed by atoms with van der Waals surface area (Å²) < 4.78 is 39.1. The molecule has 17 heteroatoms. The zero-order chi connectivity index (χ0) is 27.6. The number of nitrogens with zero attached hydrogens (tertiary/aromatic N) is 2. The SMILES string of the molecule is CCOC(=O)CNC1(CC(P(=O)(O)O)P(=O)(O)O)CN(CC(=O)OCC)CCN(CC(=O)OCC)C1. The number of hydrogen-bond acceptors (Lipinski definition) is 11. The van der Waals surface area contributed by atoms with Crippen LogP contribution in [0.1, 0.15) is 27.2 Å². The molecule has 15 nitrogen and oxygen atoms in total. The van der Waals surface area contributed by atoms with Crippen LogP contribution in [0.5, 0.6) is 0 Å². The molecule has 0 atom stereocenters. The van der Waals surface area contributed by atoms with E-state index in [9.17, 15) is 43.1 Å². The Kier molecular flexibility index (Phi) is 13.1. The van der Waals surface area contributed by atoms with Gasteiger partial charge in [-0.25, -0.2) is 0 Å². The molecule has 0 bridgehead atoms. The molecule has 0 aromatic heterocycles. The molecule has 0 radical (unpaired) electrons. The molecule has 36 heavy (non-hydrogen) atoms. The van der Waals surface area contributed by atoms with Crippen molar-refractivity contribution < 1.29 is 57.3 Å². The van der Waals surface area contributed by atoms with E-state index in [0.717, 1.165) is 0 Å². The maximum absolute atomic E-state index is 12.2. The van der Waals surface area contributed by atoms with Crippen LogP contribution >= 0.6 is 15.2 Å². The molecule has 0 unspecified atom stereocenters. The first-order chi connectivity index (χ1) is 16.7. The van der Waals surface area contributed by atoms with Gasteiger partial charge in [-0.05, 0) is 27.2 Å². The van der Waals surface area contributed by atoms with Crippen molar-refractivity contribution >= 4 is 33.1 Å². The van der Waals surface area contributed by atoms with Crippen LogP contribution in [0, 0.1) is 0 Å². The average molecular weight is 561 g/mol. The van der Waals surface area contributed by atoms with Gasteiger partial charge in [0, 0.05) is 31.7 Å². The zero-order valence-corrected chi connectivity index (χ0v) is 22.5. The topological polar surface area (TPSA) is 212 Å². The minimum atomic E-state index is -5.34. The number of nitrogens with one attached hydrogen (secondary N) is 1. The van der Waals surface area contributed by atoms with Crippen LogP contribution in [-0.2, 0) is 37.7 Å². The molecule has 1 saturated heterocycles. The number of carbonyl (C=O) groups is 3. The summed E-state index contributed by atoms with van der Waals surface area (Å²) >= 11 is 0. The first-order valence-corrected chi connectivity index (χ1v) is 14.8. The summed E-state index contributed by atoms with van der Waals surface area (Å²) in [6.45, 7) is 4.30. The monoisotopic (exact) mass is 561 g/mol. The Labute approximate surface area is 209 Å². The highest BCUT2D eigenvalue weighted by Crippen LogP contribution is 2.62. The van der Waals surface area contributed by atoms with Gasteiger partial charge < -0.3 is 33.8 Å². The molecular weight excluding hydrogens is 524 g/mol. The number of ether oxygens (including phenoxy) is 3. The highest BCUT2D eigenvalue weighted by molar-refractivity contribution is 7.70. The Morgan fingerprint density at radius 2 is 1.19 bits per heavy atom. The van der Waals surface area contributed by atoms with Crippen molar-refractivity contribution in [2.45, 2.75) is 38.1 Å². The predicted octanol–water partition coefficient (Wildman–Crippen LogP) is -1.31. The number of carbonyl (C=O) groups excluding carboxylic acids is 3. The lowest BCUT2D eigenvalue weighted by Crippen LogP contribution is -2.60. The largest absolute Gasteiger partial charge is 0.465 e. The van der Waals surface area contributed by atoms with Gasteiger partial charge in [0.2, 0.25) is 0 Å². The normalized spacial score (nSPS) is 17.4. The second kappa shape index (κ2) is 14.5. The minimum Gasteiger partial charge on any atom is -0.465 e. The van der Waals surface area contributed by atoms with Crippen LogP contribution in [0.4, 0.5) is 0 Å². The molecular formula is C19H37N3O12P2. The fraction of sp³-hybridized carbons (Fsp3) is 0.842. The van der Waals surface area contributed by atoms with Gasteiger partial charge in [0.15, 0.2) is 5.40 Å². The van der Waals surface area contributed by atoms with Crippen LogP contribution in [0.2, 0.25) is 0 Å². The van der Waals surface area contributed by atoms with Gasteiger partial charge in [0.1, 0.15) is 0 Å². The quantitative estimate of drug-likeness (QED) is 0.0946. The molecule has 0 amide bonds.